The van der Waals surface area contributed by atoms with Gasteiger partial charge in [-0.2, -0.15) is 0 Å². The average molecular weight is 236 g/mol. The molecular weight excluding hydrogens is 220 g/mol. The van der Waals surface area contributed by atoms with Crippen molar-refractivity contribution in [3.05, 3.63) is 39.4 Å². The molecule has 1 aromatic carbocycles. The summed E-state index contributed by atoms with van der Waals surface area (Å²) in [6.45, 7) is 0.549. The standard InChI is InChI=1S/C12H16N2O3/c13-7-8-1-2-9-3-4-10(14(16)17)6-11(9)12(15)5-8/h3-4,6,8,12,15H,1-2,5,7,13H2. The highest BCUT2D eigenvalue weighted by Crippen LogP contribution is 2.33. The Kier molecular flexibility index (Phi) is 3.40. The molecule has 1 aliphatic rings. The van der Waals surface area contributed by atoms with E-state index >= 15 is 0 Å². The number of nitrogens with two attached hydrogens (primary N) is 1. The molecule has 5 nitrogen and oxygen atoms in total. The summed E-state index contributed by atoms with van der Waals surface area (Å²) in [4.78, 5) is 10.3. The monoisotopic (exact) mass is 236 g/mol. The molecule has 0 fully saturated rings. The summed E-state index contributed by atoms with van der Waals surface area (Å²) in [6, 6.07) is 4.73. The van der Waals surface area contributed by atoms with Crippen molar-refractivity contribution in [3.63, 3.8) is 0 Å². The van der Waals surface area contributed by atoms with E-state index in [0.717, 1.165) is 18.4 Å². The summed E-state index contributed by atoms with van der Waals surface area (Å²) in [6.07, 6.45) is 1.70. The minimum absolute atomic E-state index is 0.0361. The van der Waals surface area contributed by atoms with Crippen molar-refractivity contribution >= 4 is 5.69 Å². The summed E-state index contributed by atoms with van der Waals surface area (Å²) < 4.78 is 0. The molecule has 1 aromatic rings. The summed E-state index contributed by atoms with van der Waals surface area (Å²) in [5.41, 5.74) is 7.35. The largest absolute Gasteiger partial charge is 0.388 e. The van der Waals surface area contributed by atoms with Gasteiger partial charge < -0.3 is 10.8 Å². The third-order valence-corrected chi connectivity index (χ3v) is 3.41. The van der Waals surface area contributed by atoms with Gasteiger partial charge in [0.2, 0.25) is 0 Å². The molecule has 0 amide bonds. The highest BCUT2D eigenvalue weighted by molar-refractivity contribution is 5.41. The van der Waals surface area contributed by atoms with E-state index in [4.69, 9.17) is 5.73 Å². The first-order valence-electron chi connectivity index (χ1n) is 5.77. The molecule has 0 aliphatic heterocycles. The molecule has 0 saturated heterocycles. The topological polar surface area (TPSA) is 89.4 Å². The number of nitrogens with zero attached hydrogens (tertiary/aromatic N) is 1. The Morgan fingerprint density at radius 3 is 2.94 bits per heavy atom. The summed E-state index contributed by atoms with van der Waals surface area (Å²) in [7, 11) is 0. The summed E-state index contributed by atoms with van der Waals surface area (Å²) in [5, 5.41) is 20.8. The zero-order valence-electron chi connectivity index (χ0n) is 9.50. The number of fused-ring (bicyclic) bond motifs is 1. The number of hydrogen-bond donors (Lipinski definition) is 2. The van der Waals surface area contributed by atoms with Crippen LogP contribution in [0.1, 0.15) is 30.1 Å². The second kappa shape index (κ2) is 4.81. The van der Waals surface area contributed by atoms with Crippen LogP contribution in [0.25, 0.3) is 0 Å². The van der Waals surface area contributed by atoms with Crippen molar-refractivity contribution in [2.45, 2.75) is 25.4 Å². The number of aliphatic hydroxyl groups is 1. The lowest BCUT2D eigenvalue weighted by atomic mass is 9.98. The highest BCUT2D eigenvalue weighted by atomic mass is 16.6. The van der Waals surface area contributed by atoms with E-state index in [-0.39, 0.29) is 11.6 Å². The van der Waals surface area contributed by atoms with Crippen molar-refractivity contribution < 1.29 is 10.0 Å². The first-order valence-corrected chi connectivity index (χ1v) is 5.77. The van der Waals surface area contributed by atoms with Crippen LogP contribution in [0, 0.1) is 16.0 Å². The molecule has 2 atom stereocenters. The molecule has 0 heterocycles. The summed E-state index contributed by atoms with van der Waals surface area (Å²) in [5.74, 6) is 0.288. The van der Waals surface area contributed by atoms with Gasteiger partial charge in [0, 0.05) is 12.1 Å². The molecule has 3 N–H and O–H groups in total. The van der Waals surface area contributed by atoms with E-state index in [9.17, 15) is 15.2 Å². The Hall–Kier alpha value is -1.46. The summed E-state index contributed by atoms with van der Waals surface area (Å²) >= 11 is 0. The fourth-order valence-corrected chi connectivity index (χ4v) is 2.37. The Balaban J connectivity index is 2.35. The van der Waals surface area contributed by atoms with E-state index in [1.807, 2.05) is 0 Å². The molecule has 0 radical (unpaired) electrons. The van der Waals surface area contributed by atoms with Gasteiger partial charge in [-0.25, -0.2) is 0 Å². The molecule has 92 valence electrons. The molecule has 17 heavy (non-hydrogen) atoms. The lowest BCUT2D eigenvalue weighted by Crippen LogP contribution is -2.15. The van der Waals surface area contributed by atoms with Crippen LogP contribution in [0.15, 0.2) is 18.2 Å². The Morgan fingerprint density at radius 2 is 2.29 bits per heavy atom. The van der Waals surface area contributed by atoms with Gasteiger partial charge in [0.15, 0.2) is 0 Å². The number of non-ortho nitro benzene ring substituents is 1. The fraction of sp³-hybridized carbons (Fsp3) is 0.500. The molecule has 5 heteroatoms. The minimum Gasteiger partial charge on any atom is -0.388 e. The van der Waals surface area contributed by atoms with Crippen molar-refractivity contribution in [2.75, 3.05) is 6.54 Å². The molecule has 2 unspecified atom stereocenters. The predicted octanol–water partition coefficient (Wildman–Crippen LogP) is 1.54. The highest BCUT2D eigenvalue weighted by Gasteiger charge is 2.24. The lowest BCUT2D eigenvalue weighted by Gasteiger charge is -2.14. The molecule has 2 rings (SSSR count). The number of nitro groups is 1. The van der Waals surface area contributed by atoms with E-state index in [2.05, 4.69) is 0 Å². The first-order chi connectivity index (χ1) is 8.11. The zero-order chi connectivity index (χ0) is 12.4. The van der Waals surface area contributed by atoms with Gasteiger partial charge in [0.1, 0.15) is 0 Å². The normalized spacial score (nSPS) is 23.9. The maximum Gasteiger partial charge on any atom is 0.269 e. The number of aryl methyl sites for hydroxylation is 1. The number of rotatable bonds is 2. The maximum absolute atomic E-state index is 10.7. The van der Waals surface area contributed by atoms with Crippen LogP contribution >= 0.6 is 0 Å². The Morgan fingerprint density at radius 1 is 1.53 bits per heavy atom. The molecule has 0 aromatic heterocycles. The lowest BCUT2D eigenvalue weighted by molar-refractivity contribution is -0.385. The third kappa shape index (κ3) is 2.45. The van der Waals surface area contributed by atoms with Crippen LogP contribution in [0.2, 0.25) is 0 Å². The van der Waals surface area contributed by atoms with Crippen molar-refractivity contribution in [1.82, 2.24) is 0 Å². The Labute approximate surface area is 99.4 Å². The van der Waals surface area contributed by atoms with Crippen LogP contribution < -0.4 is 5.73 Å². The van der Waals surface area contributed by atoms with Gasteiger partial charge in [0.05, 0.1) is 11.0 Å². The predicted molar refractivity (Wildman–Crippen MR) is 63.5 cm³/mol. The van der Waals surface area contributed by atoms with Gasteiger partial charge in [-0.1, -0.05) is 6.07 Å². The smallest absolute Gasteiger partial charge is 0.269 e. The van der Waals surface area contributed by atoms with E-state index in [0.29, 0.717) is 18.5 Å². The van der Waals surface area contributed by atoms with Gasteiger partial charge in [-0.05, 0) is 42.9 Å². The van der Waals surface area contributed by atoms with Gasteiger partial charge in [-0.15, -0.1) is 0 Å². The zero-order valence-corrected chi connectivity index (χ0v) is 9.50. The van der Waals surface area contributed by atoms with Gasteiger partial charge in [0.25, 0.3) is 5.69 Å². The van der Waals surface area contributed by atoms with Crippen LogP contribution in [-0.4, -0.2) is 16.6 Å². The van der Waals surface area contributed by atoms with Crippen LogP contribution in [0.3, 0.4) is 0 Å². The molecule has 0 bridgehead atoms. The number of hydrogen-bond acceptors (Lipinski definition) is 4. The number of nitro benzene ring substituents is 1. The third-order valence-electron chi connectivity index (χ3n) is 3.41. The Bertz CT molecular complexity index is 434. The van der Waals surface area contributed by atoms with E-state index in [1.165, 1.54) is 12.1 Å². The quantitative estimate of drug-likeness (QED) is 0.463. The first kappa shape index (κ1) is 12.0. The molecule has 1 aliphatic carbocycles. The van der Waals surface area contributed by atoms with Gasteiger partial charge in [-0.3, -0.25) is 10.1 Å². The van der Waals surface area contributed by atoms with E-state index in [1.54, 1.807) is 6.07 Å². The van der Waals surface area contributed by atoms with E-state index < -0.39 is 11.0 Å². The second-order valence-corrected chi connectivity index (χ2v) is 4.53. The SMILES string of the molecule is NCC1CCc2ccc([N+](=O)[O-])cc2C(O)C1. The molecule has 0 saturated carbocycles. The van der Waals surface area contributed by atoms with Crippen LogP contribution in [-0.2, 0) is 6.42 Å². The minimum atomic E-state index is -0.638. The van der Waals surface area contributed by atoms with Crippen LogP contribution in [0.5, 0.6) is 0 Å². The van der Waals surface area contributed by atoms with Crippen molar-refractivity contribution in [3.8, 4) is 0 Å². The molecular formula is C12H16N2O3. The van der Waals surface area contributed by atoms with Crippen LogP contribution in [0.4, 0.5) is 5.69 Å². The second-order valence-electron chi connectivity index (χ2n) is 4.53. The average Bonchev–Trinajstić information content (AvgIpc) is 2.48. The van der Waals surface area contributed by atoms with Crippen molar-refractivity contribution in [2.24, 2.45) is 11.7 Å². The number of aliphatic hydroxyl groups excluding tert-OH is 1. The molecule has 0 spiro atoms. The van der Waals surface area contributed by atoms with Gasteiger partial charge >= 0.3 is 0 Å². The fourth-order valence-electron chi connectivity index (χ4n) is 2.37. The number of benzene rings is 1. The maximum atomic E-state index is 10.7. The van der Waals surface area contributed by atoms with Crippen molar-refractivity contribution in [1.29, 1.82) is 0 Å².